The second-order valence-corrected chi connectivity index (χ2v) is 5.54. The summed E-state index contributed by atoms with van der Waals surface area (Å²) in [5.41, 5.74) is 0.454. The Hall–Kier alpha value is -0.860. The van der Waals surface area contributed by atoms with Crippen molar-refractivity contribution in [3.8, 4) is 0 Å². The summed E-state index contributed by atoms with van der Waals surface area (Å²) in [4.78, 5) is 15.9. The van der Waals surface area contributed by atoms with Crippen LogP contribution in [0.4, 0.5) is 14.9 Å². The van der Waals surface area contributed by atoms with Crippen LogP contribution in [0.1, 0.15) is 6.42 Å². The summed E-state index contributed by atoms with van der Waals surface area (Å²) < 4.78 is 14.0. The average Bonchev–Trinajstić information content (AvgIpc) is 2.35. The minimum Gasteiger partial charge on any atom is -0.356 e. The van der Waals surface area contributed by atoms with Gasteiger partial charge in [-0.25, -0.2) is 9.18 Å². The highest BCUT2D eigenvalue weighted by Crippen LogP contribution is 2.31. The zero-order valence-corrected chi connectivity index (χ0v) is 14.2. The highest BCUT2D eigenvalue weighted by atomic mass is 79.9. The lowest BCUT2D eigenvalue weighted by Gasteiger charge is -2.16. The van der Waals surface area contributed by atoms with E-state index in [1.165, 1.54) is 12.1 Å². The first-order valence-electron chi connectivity index (χ1n) is 5.57. The Labute approximate surface area is 138 Å². The van der Waals surface area contributed by atoms with Gasteiger partial charge in [-0.05, 0) is 50.4 Å². The summed E-state index contributed by atoms with van der Waals surface area (Å²) in [6.45, 7) is 1.47. The smallest absolute Gasteiger partial charge is 0.326 e. The van der Waals surface area contributed by atoms with Crippen LogP contribution in [0.25, 0.3) is 0 Å². The molecule has 1 aliphatic heterocycles. The summed E-state index contributed by atoms with van der Waals surface area (Å²) in [6, 6.07) is 2.11. The van der Waals surface area contributed by atoms with Crippen LogP contribution in [0, 0.1) is 5.82 Å². The van der Waals surface area contributed by atoms with Gasteiger partial charge in [-0.1, -0.05) is 0 Å². The van der Waals surface area contributed by atoms with Crippen molar-refractivity contribution in [2.24, 2.45) is 4.99 Å². The zero-order chi connectivity index (χ0) is 13.8. The second-order valence-electron chi connectivity index (χ2n) is 3.83. The second kappa shape index (κ2) is 7.80. The largest absolute Gasteiger partial charge is 0.356 e. The van der Waals surface area contributed by atoms with Crippen molar-refractivity contribution in [3.63, 3.8) is 0 Å². The number of nitrogens with zero attached hydrogens (tertiary/aromatic N) is 1. The predicted octanol–water partition coefficient (Wildman–Crippen LogP) is 3.24. The van der Waals surface area contributed by atoms with Gasteiger partial charge in [0, 0.05) is 22.0 Å². The van der Waals surface area contributed by atoms with Crippen molar-refractivity contribution in [1.29, 1.82) is 0 Å². The maximum absolute atomic E-state index is 13.1. The third kappa shape index (κ3) is 4.60. The fraction of sp³-hybridized carbons (Fsp3) is 0.273. The molecule has 0 aromatic heterocycles. The van der Waals surface area contributed by atoms with Crippen LogP contribution >= 0.6 is 44.3 Å². The fourth-order valence-electron chi connectivity index (χ4n) is 1.53. The number of aliphatic imine (C=N–C) groups is 1. The Bertz CT molecular complexity index is 518. The fourth-order valence-corrected chi connectivity index (χ4v) is 2.86. The molecule has 0 atom stereocenters. The maximum Gasteiger partial charge on any atom is 0.326 e. The zero-order valence-electron chi connectivity index (χ0n) is 10.2. The lowest BCUT2D eigenvalue weighted by molar-refractivity contribution is 0.255. The summed E-state index contributed by atoms with van der Waals surface area (Å²) in [5, 5.41) is 8.18. The SMILES string of the molecule is Cl.O=C(NC1=NCCCN1)Nc1c(Br)cc(F)cc1Br. The van der Waals surface area contributed by atoms with Gasteiger partial charge in [0.1, 0.15) is 5.82 Å². The molecule has 0 saturated carbocycles. The Morgan fingerprint density at radius 3 is 2.50 bits per heavy atom. The van der Waals surface area contributed by atoms with Crippen molar-refractivity contribution in [1.82, 2.24) is 10.6 Å². The molecular formula is C11H12Br2ClFN4O. The van der Waals surface area contributed by atoms with Gasteiger partial charge in [0.2, 0.25) is 0 Å². The van der Waals surface area contributed by atoms with E-state index in [0.717, 1.165) is 13.0 Å². The van der Waals surface area contributed by atoms with Gasteiger partial charge in [0.25, 0.3) is 0 Å². The Balaban J connectivity index is 0.00000200. The lowest BCUT2D eigenvalue weighted by Crippen LogP contribution is -2.45. The van der Waals surface area contributed by atoms with Gasteiger partial charge in [0.05, 0.1) is 5.69 Å². The highest BCUT2D eigenvalue weighted by molar-refractivity contribution is 9.11. The molecule has 1 aromatic carbocycles. The molecule has 0 aliphatic carbocycles. The Morgan fingerprint density at radius 1 is 1.30 bits per heavy atom. The van der Waals surface area contributed by atoms with Crippen molar-refractivity contribution in [3.05, 3.63) is 26.9 Å². The third-order valence-corrected chi connectivity index (χ3v) is 3.63. The van der Waals surface area contributed by atoms with Gasteiger partial charge >= 0.3 is 6.03 Å². The molecule has 0 radical (unpaired) electrons. The van der Waals surface area contributed by atoms with Crippen LogP contribution in [-0.2, 0) is 0 Å². The van der Waals surface area contributed by atoms with Gasteiger partial charge in [-0.3, -0.25) is 10.3 Å². The maximum atomic E-state index is 13.1. The number of benzene rings is 1. The van der Waals surface area contributed by atoms with Crippen molar-refractivity contribution >= 4 is 61.9 Å². The number of amides is 2. The van der Waals surface area contributed by atoms with Crippen LogP contribution in [0.2, 0.25) is 0 Å². The van der Waals surface area contributed by atoms with Crippen LogP contribution in [-0.4, -0.2) is 25.1 Å². The van der Waals surface area contributed by atoms with E-state index in [1.54, 1.807) is 0 Å². The molecule has 110 valence electrons. The monoisotopic (exact) mass is 428 g/mol. The first kappa shape index (κ1) is 17.2. The van der Waals surface area contributed by atoms with Crippen LogP contribution in [0.3, 0.4) is 0 Å². The van der Waals surface area contributed by atoms with Crippen LogP contribution < -0.4 is 16.0 Å². The number of nitrogens with one attached hydrogen (secondary N) is 3. The molecule has 1 heterocycles. The molecule has 0 saturated heterocycles. The number of urea groups is 1. The number of carbonyl (C=O) groups is 1. The number of carbonyl (C=O) groups excluding carboxylic acids is 1. The number of guanidine groups is 1. The molecule has 20 heavy (non-hydrogen) atoms. The summed E-state index contributed by atoms with van der Waals surface area (Å²) in [6.07, 6.45) is 0.946. The Morgan fingerprint density at radius 2 is 1.95 bits per heavy atom. The van der Waals surface area contributed by atoms with E-state index in [-0.39, 0.29) is 12.4 Å². The number of rotatable bonds is 1. The number of hydrogen-bond acceptors (Lipinski definition) is 3. The first-order chi connectivity index (χ1) is 9.06. The molecule has 2 amide bonds. The standard InChI is InChI=1S/C11H11Br2FN4O.ClH/c12-7-4-6(14)5-8(13)9(7)17-11(19)18-10-15-2-1-3-16-10;/h4-5H,1-3H2,(H3,15,16,17,18,19);1H. The third-order valence-electron chi connectivity index (χ3n) is 2.37. The lowest BCUT2D eigenvalue weighted by atomic mass is 10.3. The quantitative estimate of drug-likeness (QED) is 0.641. The number of halogens is 4. The molecule has 0 fully saturated rings. The van der Waals surface area contributed by atoms with Crippen LogP contribution in [0.15, 0.2) is 26.1 Å². The molecular weight excluding hydrogens is 418 g/mol. The number of anilines is 1. The van der Waals surface area contributed by atoms with Crippen molar-refractivity contribution in [2.75, 3.05) is 18.4 Å². The van der Waals surface area contributed by atoms with E-state index in [1.807, 2.05) is 0 Å². The van der Waals surface area contributed by atoms with Gasteiger partial charge in [-0.2, -0.15) is 0 Å². The van der Waals surface area contributed by atoms with Crippen molar-refractivity contribution < 1.29 is 9.18 Å². The molecule has 3 N–H and O–H groups in total. The Kier molecular flexibility index (Phi) is 6.70. The van der Waals surface area contributed by atoms with E-state index < -0.39 is 11.8 Å². The number of hydrogen-bond donors (Lipinski definition) is 3. The molecule has 0 spiro atoms. The summed E-state index contributed by atoms with van der Waals surface area (Å²) in [7, 11) is 0. The molecule has 0 bridgehead atoms. The van der Waals surface area contributed by atoms with Crippen molar-refractivity contribution in [2.45, 2.75) is 6.42 Å². The summed E-state index contributed by atoms with van der Waals surface area (Å²) in [5.74, 6) is 0.0427. The summed E-state index contributed by atoms with van der Waals surface area (Å²) >= 11 is 6.39. The molecule has 0 unspecified atom stereocenters. The molecule has 1 aromatic rings. The van der Waals surface area contributed by atoms with E-state index in [4.69, 9.17) is 0 Å². The van der Waals surface area contributed by atoms with E-state index in [0.29, 0.717) is 27.1 Å². The van der Waals surface area contributed by atoms with E-state index in [9.17, 15) is 9.18 Å². The van der Waals surface area contributed by atoms with Gasteiger partial charge in [0.15, 0.2) is 5.96 Å². The minimum absolute atomic E-state index is 0. The van der Waals surface area contributed by atoms with Gasteiger partial charge in [-0.15, -0.1) is 12.4 Å². The minimum atomic E-state index is -0.443. The molecule has 5 nitrogen and oxygen atoms in total. The molecule has 9 heteroatoms. The van der Waals surface area contributed by atoms with E-state index >= 15 is 0 Å². The first-order valence-corrected chi connectivity index (χ1v) is 7.16. The highest BCUT2D eigenvalue weighted by Gasteiger charge is 2.13. The average molecular weight is 431 g/mol. The van der Waals surface area contributed by atoms with E-state index in [2.05, 4.69) is 52.8 Å². The topological polar surface area (TPSA) is 65.5 Å². The van der Waals surface area contributed by atoms with Crippen LogP contribution in [0.5, 0.6) is 0 Å². The predicted molar refractivity (Wildman–Crippen MR) is 86.1 cm³/mol. The normalized spacial score (nSPS) is 13.7. The molecule has 1 aliphatic rings. The van der Waals surface area contributed by atoms with Gasteiger partial charge < -0.3 is 10.6 Å². The molecule has 2 rings (SSSR count).